The summed E-state index contributed by atoms with van der Waals surface area (Å²) in [6.07, 6.45) is 7.66. The predicted molar refractivity (Wildman–Crippen MR) is 138 cm³/mol. The summed E-state index contributed by atoms with van der Waals surface area (Å²) in [6.45, 7) is 0.540. The molecule has 2 heterocycles. The summed E-state index contributed by atoms with van der Waals surface area (Å²) in [7, 11) is 2.02. The standard InChI is InChI=1S/C28H29ClN4O/c1-30-22-9-11-23(12-10-22)33(28(34)27-26(29)24-7-2-3-8-25(24)32-27)18-19-5-4-6-21(17-19)20-13-15-31-16-14-20/h2-8,13-17,22-23,30,32H,9-12,18H2,1H3. The van der Waals surface area contributed by atoms with E-state index in [1.807, 2.05) is 48.3 Å². The third-order valence-corrected chi connectivity index (χ3v) is 7.35. The average Bonchev–Trinajstić information content (AvgIpc) is 3.24. The van der Waals surface area contributed by atoms with Crippen LogP contribution in [0.1, 0.15) is 41.7 Å². The zero-order chi connectivity index (χ0) is 23.5. The number of benzene rings is 2. The highest BCUT2D eigenvalue weighted by Gasteiger charge is 2.31. The van der Waals surface area contributed by atoms with Crippen molar-refractivity contribution in [1.29, 1.82) is 0 Å². The van der Waals surface area contributed by atoms with E-state index in [4.69, 9.17) is 11.6 Å². The van der Waals surface area contributed by atoms with Crippen molar-refractivity contribution in [2.24, 2.45) is 0 Å². The number of pyridine rings is 1. The van der Waals surface area contributed by atoms with Gasteiger partial charge in [0, 0.05) is 41.9 Å². The predicted octanol–water partition coefficient (Wildman–Crippen LogP) is 6.06. The van der Waals surface area contributed by atoms with Gasteiger partial charge < -0.3 is 15.2 Å². The quantitative estimate of drug-likeness (QED) is 0.358. The van der Waals surface area contributed by atoms with Gasteiger partial charge in [0.2, 0.25) is 0 Å². The van der Waals surface area contributed by atoms with Gasteiger partial charge in [-0.1, -0.05) is 48.0 Å². The Hall–Kier alpha value is -3.15. The summed E-state index contributed by atoms with van der Waals surface area (Å²) in [5, 5.41) is 4.77. The highest BCUT2D eigenvalue weighted by atomic mass is 35.5. The molecule has 1 amide bonds. The molecule has 4 aromatic rings. The Morgan fingerprint density at radius 2 is 1.79 bits per heavy atom. The van der Waals surface area contributed by atoms with Crippen LogP contribution in [0.15, 0.2) is 73.1 Å². The lowest BCUT2D eigenvalue weighted by molar-refractivity contribution is 0.0596. The van der Waals surface area contributed by atoms with Crippen LogP contribution in [0.4, 0.5) is 0 Å². The third-order valence-electron chi connectivity index (χ3n) is 6.96. The second-order valence-corrected chi connectivity index (χ2v) is 9.40. The van der Waals surface area contributed by atoms with Gasteiger partial charge in [-0.25, -0.2) is 0 Å². The Bertz CT molecular complexity index is 1280. The molecule has 2 aromatic carbocycles. The summed E-state index contributed by atoms with van der Waals surface area (Å²) in [6, 6.07) is 20.9. The second kappa shape index (κ2) is 10.00. The average molecular weight is 473 g/mol. The molecule has 1 aliphatic carbocycles. The Balaban J connectivity index is 1.47. The molecule has 2 N–H and O–H groups in total. The zero-order valence-corrected chi connectivity index (χ0v) is 20.1. The molecule has 1 saturated carbocycles. The highest BCUT2D eigenvalue weighted by Crippen LogP contribution is 2.32. The number of H-pyrrole nitrogens is 1. The molecule has 2 aromatic heterocycles. The molecule has 0 spiro atoms. The first-order chi connectivity index (χ1) is 16.6. The van der Waals surface area contributed by atoms with E-state index in [0.29, 0.717) is 23.3 Å². The number of para-hydroxylation sites is 1. The third kappa shape index (κ3) is 4.59. The van der Waals surface area contributed by atoms with Crippen LogP contribution in [0.2, 0.25) is 5.02 Å². The van der Waals surface area contributed by atoms with Crippen LogP contribution in [-0.4, -0.2) is 39.9 Å². The molecule has 0 bridgehead atoms. The molecule has 0 radical (unpaired) electrons. The molecule has 34 heavy (non-hydrogen) atoms. The number of aromatic amines is 1. The number of hydrogen-bond acceptors (Lipinski definition) is 3. The fraction of sp³-hybridized carbons (Fsp3) is 0.286. The zero-order valence-electron chi connectivity index (χ0n) is 19.3. The largest absolute Gasteiger partial charge is 0.349 e. The number of nitrogens with one attached hydrogen (secondary N) is 2. The van der Waals surface area contributed by atoms with Crippen molar-refractivity contribution in [3.63, 3.8) is 0 Å². The normalized spacial score (nSPS) is 18.2. The Morgan fingerprint density at radius 1 is 1.03 bits per heavy atom. The van der Waals surface area contributed by atoms with Crippen LogP contribution in [0.25, 0.3) is 22.0 Å². The molecule has 0 aliphatic heterocycles. The number of amides is 1. The van der Waals surface area contributed by atoms with Gasteiger partial charge in [0.05, 0.1) is 5.02 Å². The lowest BCUT2D eigenvalue weighted by Gasteiger charge is -2.37. The number of carbonyl (C=O) groups excluding carboxylic acids is 1. The van der Waals surface area contributed by atoms with E-state index in [9.17, 15) is 4.79 Å². The van der Waals surface area contributed by atoms with Crippen molar-refractivity contribution in [1.82, 2.24) is 20.2 Å². The van der Waals surface area contributed by atoms with Crippen LogP contribution >= 0.6 is 11.6 Å². The molecule has 174 valence electrons. The van der Waals surface area contributed by atoms with E-state index in [0.717, 1.165) is 53.3 Å². The van der Waals surface area contributed by atoms with Gasteiger partial charge in [0.15, 0.2) is 0 Å². The summed E-state index contributed by atoms with van der Waals surface area (Å²) >= 11 is 6.69. The highest BCUT2D eigenvalue weighted by molar-refractivity contribution is 6.38. The van der Waals surface area contributed by atoms with Crippen LogP contribution < -0.4 is 5.32 Å². The molecule has 0 saturated heterocycles. The molecular formula is C28H29ClN4O. The number of fused-ring (bicyclic) bond motifs is 1. The van der Waals surface area contributed by atoms with E-state index in [-0.39, 0.29) is 11.9 Å². The van der Waals surface area contributed by atoms with Crippen molar-refractivity contribution in [2.75, 3.05) is 7.05 Å². The van der Waals surface area contributed by atoms with E-state index < -0.39 is 0 Å². The summed E-state index contributed by atoms with van der Waals surface area (Å²) in [4.78, 5) is 23.4. The minimum absolute atomic E-state index is 0.0385. The van der Waals surface area contributed by atoms with Crippen LogP contribution in [0, 0.1) is 0 Å². The molecule has 5 nitrogen and oxygen atoms in total. The second-order valence-electron chi connectivity index (χ2n) is 9.02. The van der Waals surface area contributed by atoms with Crippen LogP contribution in [0.5, 0.6) is 0 Å². The van der Waals surface area contributed by atoms with Gasteiger partial charge in [-0.2, -0.15) is 0 Å². The maximum Gasteiger partial charge on any atom is 0.272 e. The number of hydrogen-bond donors (Lipinski definition) is 2. The first-order valence-corrected chi connectivity index (χ1v) is 12.3. The molecule has 6 heteroatoms. The van der Waals surface area contributed by atoms with Crippen molar-refractivity contribution in [3.8, 4) is 11.1 Å². The SMILES string of the molecule is CNC1CCC(N(Cc2cccc(-c3ccncc3)c2)C(=O)c2[nH]c3ccccc3c2Cl)CC1. The number of halogens is 1. The fourth-order valence-electron chi connectivity index (χ4n) is 5.03. The first kappa shape index (κ1) is 22.6. The minimum Gasteiger partial charge on any atom is -0.349 e. The molecule has 0 atom stereocenters. The van der Waals surface area contributed by atoms with Crippen LogP contribution in [-0.2, 0) is 6.54 Å². The first-order valence-electron chi connectivity index (χ1n) is 11.9. The minimum atomic E-state index is -0.0385. The lowest BCUT2D eigenvalue weighted by Crippen LogP contribution is -2.44. The number of rotatable bonds is 6. The topological polar surface area (TPSA) is 61.0 Å². The van der Waals surface area contributed by atoms with E-state index in [1.54, 1.807) is 12.4 Å². The Labute approximate surface area is 205 Å². The molecular weight excluding hydrogens is 444 g/mol. The summed E-state index contributed by atoms with van der Waals surface area (Å²) in [5.41, 5.74) is 4.70. The van der Waals surface area contributed by atoms with Gasteiger partial charge >= 0.3 is 0 Å². The molecule has 1 fully saturated rings. The van der Waals surface area contributed by atoms with Gasteiger partial charge in [-0.3, -0.25) is 9.78 Å². The Morgan fingerprint density at radius 3 is 2.53 bits per heavy atom. The van der Waals surface area contributed by atoms with E-state index in [2.05, 4.69) is 39.6 Å². The fourth-order valence-corrected chi connectivity index (χ4v) is 5.32. The van der Waals surface area contributed by atoms with E-state index in [1.165, 1.54) is 0 Å². The number of carbonyl (C=O) groups is 1. The molecule has 1 aliphatic rings. The summed E-state index contributed by atoms with van der Waals surface area (Å²) < 4.78 is 0. The van der Waals surface area contributed by atoms with Crippen LogP contribution in [0.3, 0.4) is 0 Å². The van der Waals surface area contributed by atoms with Crippen molar-refractivity contribution < 1.29 is 4.79 Å². The monoisotopic (exact) mass is 472 g/mol. The van der Waals surface area contributed by atoms with Gasteiger partial charge in [-0.05, 0) is 73.7 Å². The van der Waals surface area contributed by atoms with Gasteiger partial charge in [0.1, 0.15) is 5.69 Å². The number of aromatic nitrogens is 2. The molecule has 0 unspecified atom stereocenters. The van der Waals surface area contributed by atoms with Crippen molar-refractivity contribution >= 4 is 28.4 Å². The summed E-state index contributed by atoms with van der Waals surface area (Å²) in [5.74, 6) is -0.0385. The smallest absolute Gasteiger partial charge is 0.272 e. The Kier molecular flexibility index (Phi) is 6.66. The molecule has 5 rings (SSSR count). The van der Waals surface area contributed by atoms with Crippen molar-refractivity contribution in [2.45, 2.75) is 44.3 Å². The number of nitrogens with zero attached hydrogens (tertiary/aromatic N) is 2. The van der Waals surface area contributed by atoms with Gasteiger partial charge in [0.25, 0.3) is 5.91 Å². The maximum atomic E-state index is 13.9. The van der Waals surface area contributed by atoms with Crippen molar-refractivity contribution in [3.05, 3.63) is 89.3 Å². The lowest BCUT2D eigenvalue weighted by atomic mass is 9.89. The van der Waals surface area contributed by atoms with E-state index >= 15 is 0 Å². The van der Waals surface area contributed by atoms with Gasteiger partial charge in [-0.15, -0.1) is 0 Å². The maximum absolute atomic E-state index is 13.9.